The molecule has 0 aliphatic heterocycles. The van der Waals surface area contributed by atoms with Crippen LogP contribution in [-0.2, 0) is 0 Å². The third-order valence-corrected chi connectivity index (χ3v) is 15.2. The lowest BCUT2D eigenvalue weighted by molar-refractivity contribution is 0.665. The molecular formula is C68H41N5O2. The molecule has 0 unspecified atom stereocenters. The maximum Gasteiger partial charge on any atom is 0.159 e. The minimum Gasteiger partial charge on any atom is -0.454 e. The van der Waals surface area contributed by atoms with Gasteiger partial charge in [-0.2, -0.15) is 10.5 Å². The van der Waals surface area contributed by atoms with E-state index in [4.69, 9.17) is 12.9 Å². The molecule has 0 atom stereocenters. The summed E-state index contributed by atoms with van der Waals surface area (Å²) in [6.07, 6.45) is 0. The van der Waals surface area contributed by atoms with Crippen molar-refractivity contribution in [2.45, 2.75) is 13.8 Å². The largest absolute Gasteiger partial charge is 0.454 e. The van der Waals surface area contributed by atoms with E-state index in [-0.39, 0.29) is 5.56 Å². The third-order valence-electron chi connectivity index (χ3n) is 15.2. The van der Waals surface area contributed by atoms with Gasteiger partial charge in [-0.1, -0.05) is 115 Å². The van der Waals surface area contributed by atoms with E-state index in [2.05, 4.69) is 155 Å². The summed E-state index contributed by atoms with van der Waals surface area (Å²) in [5.41, 5.74) is 15.3. The normalized spacial score (nSPS) is 12.6. The van der Waals surface area contributed by atoms with Crippen LogP contribution in [0.4, 0.5) is 34.1 Å². The summed E-state index contributed by atoms with van der Waals surface area (Å²) in [7, 11) is 0. The lowest BCUT2D eigenvalue weighted by atomic mass is 10.00. The molecule has 0 aliphatic rings. The second-order valence-corrected chi connectivity index (χ2v) is 19.3. The van der Waals surface area contributed by atoms with Crippen molar-refractivity contribution in [1.82, 2.24) is 4.40 Å². The first-order valence-electron chi connectivity index (χ1n) is 26.3. The van der Waals surface area contributed by atoms with Crippen LogP contribution in [0.3, 0.4) is 0 Å². The number of hydrogen-bond donors (Lipinski definition) is 0. The molecule has 0 saturated heterocycles. The molecule has 350 valence electrons. The number of nitrogens with zero attached hydrogens (tertiary/aromatic N) is 5. The standard InChI is InChI=1S/C68H41N5O2/c1-40-10-6-14-52-54-16-8-18-59(67(54)74-65(40)52)71(48-26-20-42(38-69)21-27-48)50-30-24-45-35-57-51-32-33-58(63-56-31-25-46(44-12-4-3-5-13-44)36-61(56)73(64(51)63)62(57)37-47(45)34-50)72(49-28-22-43(39-70)23-29-49)60-19-9-17-55-53-15-7-11-41(2)66(53)75-68(55)60/h3-37H,1-2H3/i1D3. The molecule has 0 saturated carbocycles. The van der Waals surface area contributed by atoms with Crippen molar-refractivity contribution in [2.24, 2.45) is 0 Å². The van der Waals surface area contributed by atoms with E-state index in [1.807, 2.05) is 66.7 Å². The molecule has 4 aromatic heterocycles. The van der Waals surface area contributed by atoms with Gasteiger partial charge < -0.3 is 23.0 Å². The Morgan fingerprint density at radius 2 is 0.987 bits per heavy atom. The van der Waals surface area contributed by atoms with Crippen LogP contribution < -0.4 is 9.80 Å². The number of furan rings is 2. The zero-order chi connectivity index (χ0) is 52.6. The molecule has 0 N–H and O–H groups in total. The second-order valence-electron chi connectivity index (χ2n) is 19.3. The minimum atomic E-state index is -2.38. The maximum atomic E-state index is 9.95. The van der Waals surface area contributed by atoms with E-state index in [0.717, 1.165) is 132 Å². The van der Waals surface area contributed by atoms with Gasteiger partial charge in [0.05, 0.1) is 56.9 Å². The van der Waals surface area contributed by atoms with Gasteiger partial charge >= 0.3 is 0 Å². The van der Waals surface area contributed by atoms with Gasteiger partial charge in [0.2, 0.25) is 0 Å². The number of nitriles is 2. The Kier molecular flexibility index (Phi) is 8.43. The van der Waals surface area contributed by atoms with E-state index in [9.17, 15) is 10.5 Å². The Hall–Kier alpha value is -10.3. The van der Waals surface area contributed by atoms with E-state index < -0.39 is 6.85 Å². The zero-order valence-corrected chi connectivity index (χ0v) is 40.3. The fourth-order valence-corrected chi connectivity index (χ4v) is 11.7. The second kappa shape index (κ2) is 16.1. The van der Waals surface area contributed by atoms with E-state index in [1.165, 1.54) is 0 Å². The van der Waals surface area contributed by atoms with Crippen LogP contribution in [0.1, 0.15) is 26.4 Å². The molecule has 0 spiro atoms. The molecule has 15 rings (SSSR count). The Labute approximate surface area is 434 Å². The van der Waals surface area contributed by atoms with Crippen LogP contribution in [0.25, 0.3) is 104 Å². The molecule has 0 bridgehead atoms. The predicted octanol–water partition coefficient (Wildman–Crippen LogP) is 18.8. The van der Waals surface area contributed by atoms with Crippen molar-refractivity contribution in [3.63, 3.8) is 0 Å². The minimum absolute atomic E-state index is 0.155. The van der Waals surface area contributed by atoms with Crippen molar-refractivity contribution in [1.29, 1.82) is 10.5 Å². The van der Waals surface area contributed by atoms with Crippen LogP contribution in [0.2, 0.25) is 0 Å². The molecule has 0 fully saturated rings. The fraction of sp³-hybridized carbons (Fsp3) is 0.0294. The average molecular weight is 963 g/mol. The first kappa shape index (κ1) is 39.3. The molecule has 0 aliphatic carbocycles. The van der Waals surface area contributed by atoms with Gasteiger partial charge in [-0.3, -0.25) is 0 Å². The molecule has 11 aromatic carbocycles. The molecule has 4 heterocycles. The van der Waals surface area contributed by atoms with Gasteiger partial charge in [0.15, 0.2) is 11.2 Å². The zero-order valence-electron chi connectivity index (χ0n) is 43.3. The Morgan fingerprint density at radius 1 is 0.413 bits per heavy atom. The summed E-state index contributed by atoms with van der Waals surface area (Å²) >= 11 is 0. The highest BCUT2D eigenvalue weighted by molar-refractivity contribution is 6.29. The fourth-order valence-electron chi connectivity index (χ4n) is 11.7. The quantitative estimate of drug-likeness (QED) is 0.158. The van der Waals surface area contributed by atoms with Crippen LogP contribution in [0, 0.1) is 36.4 Å². The average Bonchev–Trinajstić information content (AvgIpc) is 3.43. The summed E-state index contributed by atoms with van der Waals surface area (Å²) < 4.78 is 41.0. The molecule has 15 aromatic rings. The number of benzene rings is 11. The topological polar surface area (TPSA) is 84.8 Å². The summed E-state index contributed by atoms with van der Waals surface area (Å²) in [6.45, 7) is -0.302. The Balaban J connectivity index is 0.996. The highest BCUT2D eigenvalue weighted by Gasteiger charge is 2.28. The molecule has 75 heavy (non-hydrogen) atoms. The van der Waals surface area contributed by atoms with Crippen LogP contribution in [0.15, 0.2) is 221 Å². The van der Waals surface area contributed by atoms with Gasteiger partial charge in [0.1, 0.15) is 11.2 Å². The van der Waals surface area contributed by atoms with E-state index in [0.29, 0.717) is 22.3 Å². The van der Waals surface area contributed by atoms with Crippen molar-refractivity contribution in [2.75, 3.05) is 9.80 Å². The van der Waals surface area contributed by atoms with Gasteiger partial charge in [0.25, 0.3) is 0 Å². The molecular weight excluding hydrogens is 919 g/mol. The summed E-state index contributed by atoms with van der Waals surface area (Å²) in [6, 6.07) is 76.4. The lowest BCUT2D eigenvalue weighted by Crippen LogP contribution is -2.10. The number of fused-ring (bicyclic) bond motifs is 13. The number of anilines is 6. The van der Waals surface area contributed by atoms with Crippen molar-refractivity contribution < 1.29 is 12.9 Å². The first-order valence-corrected chi connectivity index (χ1v) is 24.8. The van der Waals surface area contributed by atoms with Gasteiger partial charge in [-0.05, 0) is 144 Å². The van der Waals surface area contributed by atoms with Crippen molar-refractivity contribution in [3.05, 3.63) is 235 Å². The highest BCUT2D eigenvalue weighted by atomic mass is 16.3. The van der Waals surface area contributed by atoms with Gasteiger partial charge in [-0.25, -0.2) is 0 Å². The van der Waals surface area contributed by atoms with E-state index >= 15 is 0 Å². The lowest BCUT2D eigenvalue weighted by Gasteiger charge is -2.26. The Morgan fingerprint density at radius 3 is 1.65 bits per heavy atom. The number of aryl methyl sites for hydroxylation is 2. The van der Waals surface area contributed by atoms with Crippen LogP contribution in [-0.4, -0.2) is 4.40 Å². The maximum absolute atomic E-state index is 9.95. The number of aromatic nitrogens is 1. The first-order chi connectivity index (χ1) is 38.1. The predicted molar refractivity (Wildman–Crippen MR) is 307 cm³/mol. The molecule has 0 radical (unpaired) electrons. The van der Waals surface area contributed by atoms with Crippen molar-refractivity contribution >= 4 is 127 Å². The number of para-hydroxylation sites is 4. The third kappa shape index (κ3) is 6.26. The number of rotatable bonds is 7. The van der Waals surface area contributed by atoms with Crippen molar-refractivity contribution in [3.8, 4) is 23.3 Å². The number of hydrogen-bond acceptors (Lipinski definition) is 6. The Bertz CT molecular complexity index is 5060. The van der Waals surface area contributed by atoms with Crippen LogP contribution in [0.5, 0.6) is 0 Å². The summed E-state index contributed by atoms with van der Waals surface area (Å²) in [5, 5.41) is 29.8. The van der Waals surface area contributed by atoms with Crippen LogP contribution >= 0.6 is 0 Å². The van der Waals surface area contributed by atoms with Gasteiger partial charge in [-0.15, -0.1) is 0 Å². The summed E-state index contributed by atoms with van der Waals surface area (Å²) in [5.74, 6) is 0. The summed E-state index contributed by atoms with van der Waals surface area (Å²) in [4.78, 5) is 4.40. The monoisotopic (exact) mass is 962 g/mol. The van der Waals surface area contributed by atoms with Gasteiger partial charge in [0, 0.05) is 64.3 Å². The SMILES string of the molecule is [2H]C([2H])([2H])c1cccc2c1oc1c(N(c3ccc(C#N)cc3)c3ccc4cc5c6ccc(N(c7ccc(C#N)cc7)c7cccc8c7oc7c(C)cccc78)c7c8ccc(-c9ccccc9)cc8n(c5cc4c3)c67)cccc12. The molecule has 7 heteroatoms. The molecule has 0 amide bonds. The molecule has 7 nitrogen and oxygen atoms in total. The highest BCUT2D eigenvalue weighted by Crippen LogP contribution is 2.51. The smallest absolute Gasteiger partial charge is 0.159 e. The van der Waals surface area contributed by atoms with E-state index in [1.54, 1.807) is 24.3 Å².